The summed E-state index contributed by atoms with van der Waals surface area (Å²) in [5, 5.41) is 21.3. The number of likely N-dealkylation sites (tertiary alicyclic amines) is 1. The molecular formula is C29H33N3O5. The van der Waals surface area contributed by atoms with E-state index in [0.29, 0.717) is 36.3 Å². The molecule has 3 heterocycles. The van der Waals surface area contributed by atoms with E-state index in [2.05, 4.69) is 0 Å². The monoisotopic (exact) mass is 503 g/mol. The minimum Gasteiger partial charge on any atom is -0.394 e. The Labute approximate surface area is 216 Å². The fourth-order valence-electron chi connectivity index (χ4n) is 5.88. The van der Waals surface area contributed by atoms with E-state index >= 15 is 0 Å². The largest absolute Gasteiger partial charge is 0.394 e. The van der Waals surface area contributed by atoms with Crippen LogP contribution in [0.2, 0.25) is 0 Å². The number of carbonyl (C=O) groups excluding carboxylic acids is 3. The number of aliphatic hydroxyl groups excluding tert-OH is 1. The van der Waals surface area contributed by atoms with Crippen molar-refractivity contribution in [1.82, 2.24) is 4.90 Å². The maximum Gasteiger partial charge on any atom is 0.264 e. The van der Waals surface area contributed by atoms with Crippen molar-refractivity contribution in [3.8, 4) is 0 Å². The van der Waals surface area contributed by atoms with Gasteiger partial charge in [0.1, 0.15) is 0 Å². The molecule has 3 aliphatic rings. The summed E-state index contributed by atoms with van der Waals surface area (Å²) in [7, 11) is 1.63. The van der Waals surface area contributed by atoms with E-state index in [-0.39, 0.29) is 30.9 Å². The molecule has 8 nitrogen and oxygen atoms in total. The second-order valence-corrected chi connectivity index (χ2v) is 10.2. The lowest BCUT2D eigenvalue weighted by atomic mass is 9.82. The highest BCUT2D eigenvalue weighted by atomic mass is 16.3. The molecule has 0 unspecified atom stereocenters. The van der Waals surface area contributed by atoms with Gasteiger partial charge in [0.2, 0.25) is 11.8 Å². The molecule has 1 saturated heterocycles. The molecule has 2 aromatic carbocycles. The van der Waals surface area contributed by atoms with Crippen molar-refractivity contribution in [3.63, 3.8) is 0 Å². The zero-order valence-corrected chi connectivity index (χ0v) is 21.3. The topological polar surface area (TPSA) is 101 Å². The van der Waals surface area contributed by atoms with Crippen molar-refractivity contribution >= 4 is 34.8 Å². The fraction of sp³-hybridized carbons (Fsp3) is 0.414. The number of nitrogens with zero attached hydrogens (tertiary/aromatic N) is 3. The second kappa shape index (κ2) is 9.76. The zero-order valence-electron chi connectivity index (χ0n) is 21.3. The van der Waals surface area contributed by atoms with Gasteiger partial charge < -0.3 is 20.0 Å². The first-order valence-corrected chi connectivity index (χ1v) is 12.9. The zero-order chi connectivity index (χ0) is 26.3. The van der Waals surface area contributed by atoms with Gasteiger partial charge in [0.25, 0.3) is 5.91 Å². The maximum absolute atomic E-state index is 13.3. The molecule has 0 aromatic heterocycles. The Balaban J connectivity index is 1.43. The molecule has 2 N–H and O–H groups in total. The predicted molar refractivity (Wildman–Crippen MR) is 140 cm³/mol. The van der Waals surface area contributed by atoms with Gasteiger partial charge in [-0.2, -0.15) is 0 Å². The molecule has 5 rings (SSSR count). The Kier molecular flexibility index (Phi) is 6.64. The third kappa shape index (κ3) is 4.14. The van der Waals surface area contributed by atoms with Crippen LogP contribution in [-0.2, 0) is 26.4 Å². The van der Waals surface area contributed by atoms with Crippen molar-refractivity contribution in [1.29, 1.82) is 0 Å². The van der Waals surface area contributed by atoms with Crippen LogP contribution in [0.4, 0.5) is 17.1 Å². The number of hydrogen-bond acceptors (Lipinski definition) is 5. The van der Waals surface area contributed by atoms with Crippen molar-refractivity contribution in [2.75, 3.05) is 30.0 Å². The molecule has 3 amide bonds. The van der Waals surface area contributed by atoms with E-state index < -0.39 is 17.4 Å². The summed E-state index contributed by atoms with van der Waals surface area (Å²) in [4.78, 5) is 43.7. The van der Waals surface area contributed by atoms with E-state index in [9.17, 15) is 24.6 Å². The molecule has 194 valence electrons. The average molecular weight is 504 g/mol. The molecule has 8 heteroatoms. The number of carbonyl (C=O) groups is 3. The lowest BCUT2D eigenvalue weighted by molar-refractivity contribution is -0.139. The van der Waals surface area contributed by atoms with Crippen LogP contribution in [0.5, 0.6) is 0 Å². The molecule has 3 atom stereocenters. The van der Waals surface area contributed by atoms with E-state index in [0.717, 1.165) is 24.1 Å². The minimum absolute atomic E-state index is 0.0329. The standard InChI is InChI=1S/C29H33N3O5/c1-19(7-5-11-26(34)31-16-6-9-22(31)18-33)29(37)23-17-21(13-14-25(23)30(2)28(29)36)32-24-10-4-3-8-20(24)12-15-27(32)35/h3-5,7-8,10,13-14,17,19,22,33,37H,6,9,11-12,15-16,18H2,1-2H3/b7-5+/t19-,22+,29+/m1/s1. The predicted octanol–water partition coefficient (Wildman–Crippen LogP) is 3.03. The molecule has 0 aliphatic carbocycles. The number of benzene rings is 2. The summed E-state index contributed by atoms with van der Waals surface area (Å²) in [6.07, 6.45) is 6.27. The quantitative estimate of drug-likeness (QED) is 0.590. The van der Waals surface area contributed by atoms with Crippen molar-refractivity contribution in [2.45, 2.75) is 50.7 Å². The summed E-state index contributed by atoms with van der Waals surface area (Å²) in [6.45, 7) is 2.34. The lowest BCUT2D eigenvalue weighted by Crippen LogP contribution is -2.43. The number of aliphatic hydroxyl groups is 2. The average Bonchev–Trinajstić information content (AvgIpc) is 3.47. The highest BCUT2D eigenvalue weighted by molar-refractivity contribution is 6.09. The number of para-hydroxylation sites is 1. The maximum atomic E-state index is 13.3. The van der Waals surface area contributed by atoms with Crippen LogP contribution < -0.4 is 9.80 Å². The fourth-order valence-corrected chi connectivity index (χ4v) is 5.88. The van der Waals surface area contributed by atoms with Crippen molar-refractivity contribution < 1.29 is 24.6 Å². The Hall–Kier alpha value is -3.49. The number of amides is 3. The van der Waals surface area contributed by atoms with Gasteiger partial charge in [0.15, 0.2) is 5.60 Å². The van der Waals surface area contributed by atoms with Gasteiger partial charge in [-0.3, -0.25) is 19.3 Å². The molecule has 3 aliphatic heterocycles. The van der Waals surface area contributed by atoms with Crippen LogP contribution >= 0.6 is 0 Å². The molecule has 0 saturated carbocycles. The van der Waals surface area contributed by atoms with Gasteiger partial charge in [-0.1, -0.05) is 37.3 Å². The highest BCUT2D eigenvalue weighted by Crippen LogP contribution is 2.47. The van der Waals surface area contributed by atoms with E-state index in [4.69, 9.17) is 0 Å². The summed E-state index contributed by atoms with van der Waals surface area (Å²) < 4.78 is 0. The van der Waals surface area contributed by atoms with Crippen LogP contribution in [-0.4, -0.2) is 59.1 Å². The van der Waals surface area contributed by atoms with Gasteiger partial charge in [-0.15, -0.1) is 0 Å². The SMILES string of the molecule is C[C@H](/C=C/CC(=O)N1CCC[C@H]1CO)[C@@]1(O)C(=O)N(C)c2ccc(N3C(=O)CCc4ccccc43)cc21. The first-order valence-electron chi connectivity index (χ1n) is 12.9. The number of fused-ring (bicyclic) bond motifs is 2. The van der Waals surface area contributed by atoms with Crippen LogP contribution in [0, 0.1) is 5.92 Å². The number of aryl methyl sites for hydroxylation is 1. The molecule has 0 bridgehead atoms. The molecule has 0 radical (unpaired) electrons. The molecular weight excluding hydrogens is 470 g/mol. The second-order valence-electron chi connectivity index (χ2n) is 10.2. The molecule has 37 heavy (non-hydrogen) atoms. The van der Waals surface area contributed by atoms with Gasteiger partial charge in [-0.05, 0) is 49.1 Å². The Morgan fingerprint density at radius 1 is 1.16 bits per heavy atom. The molecule has 0 spiro atoms. The van der Waals surface area contributed by atoms with Crippen LogP contribution in [0.3, 0.4) is 0 Å². The third-order valence-corrected chi connectivity index (χ3v) is 8.02. The number of anilines is 3. The summed E-state index contributed by atoms with van der Waals surface area (Å²) >= 11 is 0. The number of likely N-dealkylation sites (N-methyl/N-ethyl adjacent to an activating group) is 1. The number of rotatable bonds is 6. The first-order chi connectivity index (χ1) is 17.8. The third-order valence-electron chi connectivity index (χ3n) is 8.02. The molecule has 1 fully saturated rings. The normalized spacial score (nSPS) is 24.1. The Morgan fingerprint density at radius 3 is 2.73 bits per heavy atom. The lowest BCUT2D eigenvalue weighted by Gasteiger charge is -2.31. The smallest absolute Gasteiger partial charge is 0.264 e. The summed E-state index contributed by atoms with van der Waals surface area (Å²) in [5.74, 6) is -1.18. The van der Waals surface area contributed by atoms with E-state index in [1.165, 1.54) is 4.90 Å². The Bertz CT molecular complexity index is 1270. The van der Waals surface area contributed by atoms with Crippen LogP contribution in [0.1, 0.15) is 43.7 Å². The summed E-state index contributed by atoms with van der Waals surface area (Å²) in [6, 6.07) is 12.9. The van der Waals surface area contributed by atoms with Crippen molar-refractivity contribution in [2.24, 2.45) is 5.92 Å². The highest BCUT2D eigenvalue weighted by Gasteiger charge is 2.51. The van der Waals surface area contributed by atoms with E-state index in [1.807, 2.05) is 24.3 Å². The Morgan fingerprint density at radius 2 is 1.95 bits per heavy atom. The molecule has 2 aromatic rings. The minimum atomic E-state index is -1.83. The first kappa shape index (κ1) is 25.2. The van der Waals surface area contributed by atoms with Gasteiger partial charge >= 0.3 is 0 Å². The van der Waals surface area contributed by atoms with Gasteiger partial charge in [0, 0.05) is 43.6 Å². The van der Waals surface area contributed by atoms with Gasteiger partial charge in [0.05, 0.1) is 24.0 Å². The van der Waals surface area contributed by atoms with Crippen LogP contribution in [0.25, 0.3) is 0 Å². The van der Waals surface area contributed by atoms with Crippen LogP contribution in [0.15, 0.2) is 54.6 Å². The van der Waals surface area contributed by atoms with Crippen molar-refractivity contribution in [3.05, 3.63) is 65.7 Å². The van der Waals surface area contributed by atoms with E-state index in [1.54, 1.807) is 54.1 Å². The summed E-state index contributed by atoms with van der Waals surface area (Å²) in [5.41, 5.74) is 1.69. The van der Waals surface area contributed by atoms with Gasteiger partial charge in [-0.25, -0.2) is 0 Å². The number of hydrogen-bond donors (Lipinski definition) is 2.